The van der Waals surface area contributed by atoms with Gasteiger partial charge in [-0.1, -0.05) is 12.1 Å². The van der Waals surface area contributed by atoms with E-state index in [-0.39, 0.29) is 10.5 Å². The minimum absolute atomic E-state index is 0.00272. The van der Waals surface area contributed by atoms with E-state index in [1.165, 1.54) is 23.5 Å². The number of carboxylic acid groups (broad SMARTS) is 1. The average Bonchev–Trinajstić information content (AvgIpc) is 2.51. The fourth-order valence-electron chi connectivity index (χ4n) is 2.56. The lowest BCUT2D eigenvalue weighted by Gasteiger charge is -2.23. The topological polar surface area (TPSA) is 74.7 Å². The van der Waals surface area contributed by atoms with Crippen LogP contribution in [-0.2, 0) is 10.0 Å². The molecule has 0 radical (unpaired) electrons. The van der Waals surface area contributed by atoms with Crippen molar-refractivity contribution in [3.63, 3.8) is 0 Å². The molecule has 2 aromatic carbocycles. The molecule has 0 heterocycles. The summed E-state index contributed by atoms with van der Waals surface area (Å²) in [6.45, 7) is 7.15. The summed E-state index contributed by atoms with van der Waals surface area (Å²) in [6, 6.07) is 8.18. The van der Waals surface area contributed by atoms with Crippen molar-refractivity contribution in [3.05, 3.63) is 58.1 Å². The Morgan fingerprint density at radius 2 is 1.62 bits per heavy atom. The van der Waals surface area contributed by atoms with Gasteiger partial charge in [0.2, 0.25) is 0 Å². The zero-order valence-electron chi connectivity index (χ0n) is 14.4. The van der Waals surface area contributed by atoms with E-state index >= 15 is 0 Å². The first-order valence-corrected chi connectivity index (χ1v) is 8.91. The van der Waals surface area contributed by atoms with Crippen molar-refractivity contribution >= 4 is 21.7 Å². The second-order valence-electron chi connectivity index (χ2n) is 5.91. The van der Waals surface area contributed by atoms with Crippen molar-refractivity contribution in [2.75, 3.05) is 11.4 Å². The van der Waals surface area contributed by atoms with Gasteiger partial charge in [-0.15, -0.1) is 0 Å². The van der Waals surface area contributed by atoms with Gasteiger partial charge >= 0.3 is 5.97 Å². The predicted molar refractivity (Wildman–Crippen MR) is 94.4 cm³/mol. The van der Waals surface area contributed by atoms with E-state index in [0.717, 1.165) is 11.1 Å². The second kappa shape index (κ2) is 6.28. The Kier molecular flexibility index (Phi) is 4.71. The van der Waals surface area contributed by atoms with Crippen LogP contribution in [0, 0.1) is 27.7 Å². The van der Waals surface area contributed by atoms with Crippen molar-refractivity contribution in [2.45, 2.75) is 32.6 Å². The largest absolute Gasteiger partial charge is 0.478 e. The molecule has 128 valence electrons. The molecule has 0 bridgehead atoms. The molecule has 0 amide bonds. The Morgan fingerprint density at radius 3 is 2.21 bits per heavy atom. The summed E-state index contributed by atoms with van der Waals surface area (Å²) >= 11 is 0. The summed E-state index contributed by atoms with van der Waals surface area (Å²) in [7, 11) is -2.38. The SMILES string of the molecule is Cc1cc(S(=O)(=O)N(C)c2cccc(C)c2C)cc(C(=O)O)c1C. The molecular formula is C18H21NO4S. The van der Waals surface area contributed by atoms with Gasteiger partial charge in [-0.3, -0.25) is 4.31 Å². The molecule has 0 spiro atoms. The Bertz CT molecular complexity index is 917. The van der Waals surface area contributed by atoms with Crippen LogP contribution in [0.3, 0.4) is 0 Å². The maximum atomic E-state index is 13.0. The lowest BCUT2D eigenvalue weighted by atomic mass is 10.0. The van der Waals surface area contributed by atoms with Crippen molar-refractivity contribution in [3.8, 4) is 0 Å². The van der Waals surface area contributed by atoms with E-state index in [1.54, 1.807) is 26.0 Å². The number of aromatic carboxylic acids is 1. The Hall–Kier alpha value is -2.34. The number of rotatable bonds is 4. The molecule has 6 heteroatoms. The second-order valence-corrected chi connectivity index (χ2v) is 7.88. The molecule has 5 nitrogen and oxygen atoms in total. The first-order chi connectivity index (χ1) is 11.1. The number of hydrogen-bond donors (Lipinski definition) is 1. The molecular weight excluding hydrogens is 326 g/mol. The van der Waals surface area contributed by atoms with Crippen molar-refractivity contribution in [1.29, 1.82) is 0 Å². The first kappa shape index (κ1) is 18.0. The molecule has 1 N–H and O–H groups in total. The van der Waals surface area contributed by atoms with Crippen LogP contribution in [-0.4, -0.2) is 26.5 Å². The van der Waals surface area contributed by atoms with Gasteiger partial charge in [0.25, 0.3) is 10.0 Å². The third kappa shape index (κ3) is 3.01. The molecule has 0 aliphatic carbocycles. The fraction of sp³-hybridized carbons (Fsp3) is 0.278. The highest BCUT2D eigenvalue weighted by molar-refractivity contribution is 7.92. The van der Waals surface area contributed by atoms with Gasteiger partial charge in [-0.05, 0) is 68.1 Å². The standard InChI is InChI=1S/C18H21NO4S/c1-11-7-6-8-17(14(11)4)19(5)24(22,23)15-9-12(2)13(3)16(10-15)18(20)21/h6-10H,1-5H3,(H,20,21). The molecule has 24 heavy (non-hydrogen) atoms. The number of benzene rings is 2. The van der Waals surface area contributed by atoms with E-state index in [9.17, 15) is 18.3 Å². The van der Waals surface area contributed by atoms with Crippen LogP contribution >= 0.6 is 0 Å². The van der Waals surface area contributed by atoms with Gasteiger partial charge in [-0.2, -0.15) is 0 Å². The molecule has 2 rings (SSSR count). The molecule has 2 aromatic rings. The summed E-state index contributed by atoms with van der Waals surface area (Å²) in [5.74, 6) is -1.14. The molecule has 0 saturated carbocycles. The maximum absolute atomic E-state index is 13.0. The highest BCUT2D eigenvalue weighted by Crippen LogP contribution is 2.29. The van der Waals surface area contributed by atoms with Crippen LogP contribution in [0.2, 0.25) is 0 Å². The summed E-state index contributed by atoms with van der Waals surface area (Å²) in [4.78, 5) is 11.4. The molecule has 0 unspecified atom stereocenters. The first-order valence-electron chi connectivity index (χ1n) is 7.47. The molecule has 0 atom stereocenters. The minimum atomic E-state index is -3.86. The minimum Gasteiger partial charge on any atom is -0.478 e. The summed E-state index contributed by atoms with van der Waals surface area (Å²) in [5, 5.41) is 9.31. The van der Waals surface area contributed by atoms with Crippen LogP contribution in [0.15, 0.2) is 35.2 Å². The maximum Gasteiger partial charge on any atom is 0.336 e. The quantitative estimate of drug-likeness (QED) is 0.919. The molecule has 0 aliphatic heterocycles. The molecule has 0 fully saturated rings. The summed E-state index contributed by atoms with van der Waals surface area (Å²) in [5.41, 5.74) is 3.62. The zero-order valence-corrected chi connectivity index (χ0v) is 15.2. The third-order valence-corrected chi connectivity index (χ3v) is 6.19. The Balaban J connectivity index is 2.63. The Labute approximate surface area is 142 Å². The van der Waals surface area contributed by atoms with E-state index in [0.29, 0.717) is 16.8 Å². The van der Waals surface area contributed by atoms with E-state index in [1.807, 2.05) is 19.9 Å². The average molecular weight is 347 g/mol. The van der Waals surface area contributed by atoms with Crippen LogP contribution in [0.4, 0.5) is 5.69 Å². The van der Waals surface area contributed by atoms with Crippen LogP contribution in [0.25, 0.3) is 0 Å². The number of anilines is 1. The van der Waals surface area contributed by atoms with Gasteiger partial charge < -0.3 is 5.11 Å². The summed E-state index contributed by atoms with van der Waals surface area (Å²) in [6.07, 6.45) is 0. The van der Waals surface area contributed by atoms with E-state index < -0.39 is 16.0 Å². The Morgan fingerprint density at radius 1 is 1.00 bits per heavy atom. The lowest BCUT2D eigenvalue weighted by Crippen LogP contribution is -2.27. The number of nitrogens with zero attached hydrogens (tertiary/aromatic N) is 1. The molecule has 0 saturated heterocycles. The van der Waals surface area contributed by atoms with E-state index in [2.05, 4.69) is 0 Å². The molecule has 0 aromatic heterocycles. The normalized spacial score (nSPS) is 11.4. The van der Waals surface area contributed by atoms with Crippen molar-refractivity contribution in [2.24, 2.45) is 0 Å². The van der Waals surface area contributed by atoms with Gasteiger partial charge in [-0.25, -0.2) is 13.2 Å². The van der Waals surface area contributed by atoms with Crippen LogP contribution in [0.1, 0.15) is 32.6 Å². The number of carbonyl (C=O) groups is 1. The van der Waals surface area contributed by atoms with Gasteiger partial charge in [0.15, 0.2) is 0 Å². The number of hydrogen-bond acceptors (Lipinski definition) is 3. The van der Waals surface area contributed by atoms with Crippen LogP contribution < -0.4 is 4.31 Å². The zero-order chi connectivity index (χ0) is 18.2. The predicted octanol–water partition coefficient (Wildman–Crippen LogP) is 3.44. The highest BCUT2D eigenvalue weighted by Gasteiger charge is 2.25. The number of aryl methyl sites for hydroxylation is 2. The number of sulfonamides is 1. The van der Waals surface area contributed by atoms with Gasteiger partial charge in [0, 0.05) is 7.05 Å². The smallest absolute Gasteiger partial charge is 0.336 e. The van der Waals surface area contributed by atoms with Crippen molar-refractivity contribution < 1.29 is 18.3 Å². The molecule has 0 aliphatic rings. The highest BCUT2D eigenvalue weighted by atomic mass is 32.2. The summed E-state index contributed by atoms with van der Waals surface area (Å²) < 4.78 is 27.1. The monoisotopic (exact) mass is 347 g/mol. The van der Waals surface area contributed by atoms with Crippen molar-refractivity contribution in [1.82, 2.24) is 0 Å². The number of carboxylic acids is 1. The lowest BCUT2D eigenvalue weighted by molar-refractivity contribution is 0.0695. The van der Waals surface area contributed by atoms with Gasteiger partial charge in [0.1, 0.15) is 0 Å². The van der Waals surface area contributed by atoms with Crippen LogP contribution in [0.5, 0.6) is 0 Å². The fourth-order valence-corrected chi connectivity index (χ4v) is 3.93. The van der Waals surface area contributed by atoms with E-state index in [4.69, 9.17) is 0 Å². The third-order valence-electron chi connectivity index (χ3n) is 4.44. The van der Waals surface area contributed by atoms with Gasteiger partial charge in [0.05, 0.1) is 16.1 Å².